The van der Waals surface area contributed by atoms with Crippen molar-refractivity contribution in [2.75, 3.05) is 18.1 Å². The lowest BCUT2D eigenvalue weighted by atomic mass is 9.96. The fraction of sp³-hybridized carbons (Fsp3) is 0.846. The van der Waals surface area contributed by atoms with Gasteiger partial charge in [0.15, 0.2) is 9.84 Å². The van der Waals surface area contributed by atoms with Crippen LogP contribution in [0.4, 0.5) is 0 Å². The predicted molar refractivity (Wildman–Crippen MR) is 78.3 cm³/mol. The van der Waals surface area contributed by atoms with Gasteiger partial charge in [0.05, 0.1) is 11.5 Å². The van der Waals surface area contributed by atoms with Gasteiger partial charge in [0, 0.05) is 18.5 Å². The Labute approximate surface area is 120 Å². The van der Waals surface area contributed by atoms with Crippen LogP contribution in [-0.2, 0) is 16.3 Å². The number of rotatable bonds is 6. The summed E-state index contributed by atoms with van der Waals surface area (Å²) >= 11 is 0. The highest BCUT2D eigenvalue weighted by Crippen LogP contribution is 2.24. The van der Waals surface area contributed by atoms with Gasteiger partial charge < -0.3 is 5.32 Å². The molecule has 1 aliphatic heterocycles. The van der Waals surface area contributed by atoms with Gasteiger partial charge in [0.1, 0.15) is 12.2 Å². The number of sulfone groups is 1. The monoisotopic (exact) mass is 300 g/mol. The Hall–Kier alpha value is -0.950. The van der Waals surface area contributed by atoms with E-state index >= 15 is 0 Å². The first-order chi connectivity index (χ1) is 9.43. The van der Waals surface area contributed by atoms with Crippen LogP contribution in [0, 0.1) is 5.92 Å². The first kappa shape index (κ1) is 15.4. The summed E-state index contributed by atoms with van der Waals surface area (Å²) < 4.78 is 25.2. The maximum Gasteiger partial charge on any atom is 0.150 e. The van der Waals surface area contributed by atoms with E-state index in [1.807, 2.05) is 11.6 Å². The SMILES string of the molecule is CCNC(Cc1ncnn1C(C)C)C1CCS(=O)(=O)C1. The van der Waals surface area contributed by atoms with Gasteiger partial charge in [-0.2, -0.15) is 5.10 Å². The average Bonchev–Trinajstić information content (AvgIpc) is 2.95. The highest BCUT2D eigenvalue weighted by atomic mass is 32.2. The highest BCUT2D eigenvalue weighted by Gasteiger charge is 2.34. The molecule has 1 N–H and O–H groups in total. The van der Waals surface area contributed by atoms with Crippen molar-refractivity contribution in [3.05, 3.63) is 12.2 Å². The summed E-state index contributed by atoms with van der Waals surface area (Å²) in [6, 6.07) is 0.418. The molecule has 0 radical (unpaired) electrons. The fourth-order valence-electron chi connectivity index (χ4n) is 2.86. The van der Waals surface area contributed by atoms with E-state index in [9.17, 15) is 8.42 Å². The van der Waals surface area contributed by atoms with Gasteiger partial charge in [0.25, 0.3) is 0 Å². The Balaban J connectivity index is 2.11. The molecule has 1 aromatic rings. The van der Waals surface area contributed by atoms with E-state index in [0.29, 0.717) is 11.5 Å². The maximum atomic E-state index is 11.7. The molecule has 1 aromatic heterocycles. The van der Waals surface area contributed by atoms with Crippen LogP contribution in [0.5, 0.6) is 0 Å². The minimum Gasteiger partial charge on any atom is -0.313 e. The van der Waals surface area contributed by atoms with Crippen molar-refractivity contribution < 1.29 is 8.42 Å². The normalized spacial score (nSPS) is 23.3. The molecule has 2 heterocycles. The van der Waals surface area contributed by atoms with Crippen molar-refractivity contribution in [3.8, 4) is 0 Å². The lowest BCUT2D eigenvalue weighted by Gasteiger charge is -2.23. The van der Waals surface area contributed by atoms with Crippen LogP contribution < -0.4 is 5.32 Å². The third-order valence-corrected chi connectivity index (χ3v) is 5.64. The zero-order chi connectivity index (χ0) is 14.8. The standard InChI is InChI=1S/C13H24N4O2S/c1-4-14-12(11-5-6-20(18,19)8-11)7-13-15-9-16-17(13)10(2)3/h9-12,14H,4-8H2,1-3H3. The van der Waals surface area contributed by atoms with E-state index in [1.54, 1.807) is 6.33 Å². The molecule has 114 valence electrons. The molecule has 2 unspecified atom stereocenters. The molecular formula is C13H24N4O2S. The molecule has 0 bridgehead atoms. The van der Waals surface area contributed by atoms with Crippen LogP contribution in [0.3, 0.4) is 0 Å². The first-order valence-electron chi connectivity index (χ1n) is 7.25. The molecule has 6 nitrogen and oxygen atoms in total. The van der Waals surface area contributed by atoms with Crippen LogP contribution in [0.1, 0.15) is 39.1 Å². The number of nitrogens with one attached hydrogen (secondary N) is 1. The van der Waals surface area contributed by atoms with Gasteiger partial charge in [-0.15, -0.1) is 0 Å². The number of likely N-dealkylation sites (N-methyl/N-ethyl adjacent to an activating group) is 1. The van der Waals surface area contributed by atoms with Crippen molar-refractivity contribution in [1.29, 1.82) is 0 Å². The van der Waals surface area contributed by atoms with E-state index < -0.39 is 9.84 Å². The summed E-state index contributed by atoms with van der Waals surface area (Å²) in [7, 11) is -2.85. The Morgan fingerprint density at radius 2 is 2.25 bits per heavy atom. The van der Waals surface area contributed by atoms with Gasteiger partial charge in [-0.05, 0) is 32.7 Å². The van der Waals surface area contributed by atoms with Crippen molar-refractivity contribution in [3.63, 3.8) is 0 Å². The first-order valence-corrected chi connectivity index (χ1v) is 9.07. The fourth-order valence-corrected chi connectivity index (χ4v) is 4.74. The molecule has 7 heteroatoms. The molecule has 0 saturated carbocycles. The molecule has 1 fully saturated rings. The van der Waals surface area contributed by atoms with Crippen LogP contribution in [0.25, 0.3) is 0 Å². The van der Waals surface area contributed by atoms with Gasteiger partial charge >= 0.3 is 0 Å². The molecule has 0 spiro atoms. The second kappa shape index (κ2) is 6.22. The molecule has 0 amide bonds. The van der Waals surface area contributed by atoms with Gasteiger partial charge in [-0.3, -0.25) is 0 Å². The topological polar surface area (TPSA) is 76.9 Å². The Bertz CT molecular complexity index is 538. The zero-order valence-corrected chi connectivity index (χ0v) is 13.2. The number of aromatic nitrogens is 3. The molecule has 2 rings (SSSR count). The smallest absolute Gasteiger partial charge is 0.150 e. The average molecular weight is 300 g/mol. The summed E-state index contributed by atoms with van der Waals surface area (Å²) in [5, 5.41) is 7.66. The van der Waals surface area contributed by atoms with E-state index in [1.165, 1.54) is 0 Å². The molecule has 1 saturated heterocycles. The van der Waals surface area contributed by atoms with E-state index in [2.05, 4.69) is 29.2 Å². The van der Waals surface area contributed by atoms with Gasteiger partial charge in [-0.25, -0.2) is 18.1 Å². The number of hydrogen-bond donors (Lipinski definition) is 1. The van der Waals surface area contributed by atoms with Crippen molar-refractivity contribution >= 4 is 9.84 Å². The molecular weight excluding hydrogens is 276 g/mol. The predicted octanol–water partition coefficient (Wildman–Crippen LogP) is 0.814. The van der Waals surface area contributed by atoms with Crippen LogP contribution in [0.2, 0.25) is 0 Å². The van der Waals surface area contributed by atoms with E-state index in [0.717, 1.165) is 25.2 Å². The van der Waals surface area contributed by atoms with Gasteiger partial charge in [-0.1, -0.05) is 6.92 Å². The maximum absolute atomic E-state index is 11.7. The van der Waals surface area contributed by atoms with E-state index in [-0.39, 0.29) is 18.0 Å². The van der Waals surface area contributed by atoms with Crippen molar-refractivity contribution in [2.45, 2.75) is 45.7 Å². The molecule has 0 aromatic carbocycles. The zero-order valence-electron chi connectivity index (χ0n) is 12.4. The minimum atomic E-state index is -2.85. The number of nitrogens with zero attached hydrogens (tertiary/aromatic N) is 3. The van der Waals surface area contributed by atoms with Crippen molar-refractivity contribution in [1.82, 2.24) is 20.1 Å². The lowest BCUT2D eigenvalue weighted by molar-refractivity contribution is 0.368. The summed E-state index contributed by atoms with van der Waals surface area (Å²) in [5.41, 5.74) is 0. The van der Waals surface area contributed by atoms with Crippen LogP contribution in [0.15, 0.2) is 6.33 Å². The van der Waals surface area contributed by atoms with Gasteiger partial charge in [0.2, 0.25) is 0 Å². The molecule has 2 atom stereocenters. The second-order valence-electron chi connectivity index (χ2n) is 5.75. The minimum absolute atomic E-state index is 0.152. The second-order valence-corrected chi connectivity index (χ2v) is 7.97. The summed E-state index contributed by atoms with van der Waals surface area (Å²) in [5.74, 6) is 1.71. The van der Waals surface area contributed by atoms with Crippen LogP contribution >= 0.6 is 0 Å². The quantitative estimate of drug-likeness (QED) is 0.841. The van der Waals surface area contributed by atoms with Crippen LogP contribution in [-0.4, -0.2) is 47.3 Å². The highest BCUT2D eigenvalue weighted by molar-refractivity contribution is 7.91. The third kappa shape index (κ3) is 3.58. The third-order valence-electron chi connectivity index (χ3n) is 3.84. The molecule has 20 heavy (non-hydrogen) atoms. The van der Waals surface area contributed by atoms with E-state index in [4.69, 9.17) is 0 Å². The number of hydrogen-bond acceptors (Lipinski definition) is 5. The molecule has 1 aliphatic rings. The summed E-state index contributed by atoms with van der Waals surface area (Å²) in [6.45, 7) is 7.02. The Morgan fingerprint density at radius 1 is 1.50 bits per heavy atom. The Kier molecular flexibility index (Phi) is 4.80. The summed E-state index contributed by atoms with van der Waals surface area (Å²) in [6.07, 6.45) is 3.05. The summed E-state index contributed by atoms with van der Waals surface area (Å²) in [4.78, 5) is 4.33. The molecule has 0 aliphatic carbocycles. The lowest BCUT2D eigenvalue weighted by Crippen LogP contribution is -2.39. The Morgan fingerprint density at radius 3 is 2.80 bits per heavy atom. The van der Waals surface area contributed by atoms with Crippen molar-refractivity contribution in [2.24, 2.45) is 5.92 Å². The largest absolute Gasteiger partial charge is 0.313 e.